The van der Waals surface area contributed by atoms with Crippen LogP contribution in [0.3, 0.4) is 0 Å². The molecule has 0 aromatic heterocycles. The number of benzene rings is 1. The van der Waals surface area contributed by atoms with Gasteiger partial charge in [0.05, 0.1) is 11.0 Å². The molecular weight excluding hydrogens is 312 g/mol. The van der Waals surface area contributed by atoms with Gasteiger partial charge in [0.1, 0.15) is 5.69 Å². The van der Waals surface area contributed by atoms with Gasteiger partial charge in [-0.25, -0.2) is 0 Å². The number of nitro groups is 1. The lowest BCUT2D eigenvalue weighted by Gasteiger charge is -2.22. The Morgan fingerprint density at radius 2 is 2.37 bits per heavy atom. The van der Waals surface area contributed by atoms with E-state index in [1.165, 1.54) is 0 Å². The van der Waals surface area contributed by atoms with Crippen LogP contribution in [0.25, 0.3) is 0 Å². The molecule has 1 unspecified atom stereocenters. The van der Waals surface area contributed by atoms with E-state index in [2.05, 4.69) is 15.9 Å². The number of nitrogens with zero attached hydrogens (tertiary/aromatic N) is 2. The van der Waals surface area contributed by atoms with Crippen molar-refractivity contribution in [3.63, 3.8) is 0 Å². The Morgan fingerprint density at radius 3 is 2.95 bits per heavy atom. The third-order valence-electron chi connectivity index (χ3n) is 3.30. The number of ether oxygens (including phenoxy) is 1. The third kappa shape index (κ3) is 3.45. The van der Waals surface area contributed by atoms with Crippen LogP contribution >= 0.6 is 15.9 Å². The summed E-state index contributed by atoms with van der Waals surface area (Å²) in [5.41, 5.74) is 1.70. The molecule has 1 aromatic carbocycles. The Bertz CT molecular complexity index is 461. The van der Waals surface area contributed by atoms with Gasteiger partial charge in [-0.15, -0.1) is 0 Å². The lowest BCUT2D eigenvalue weighted by atomic mass is 10.1. The smallest absolute Gasteiger partial charge is 0.292 e. The molecule has 0 bridgehead atoms. The van der Waals surface area contributed by atoms with E-state index in [-0.39, 0.29) is 16.7 Å². The molecule has 1 aromatic rings. The summed E-state index contributed by atoms with van der Waals surface area (Å²) in [5, 5.41) is 11.8. The highest BCUT2D eigenvalue weighted by atomic mass is 79.9. The van der Waals surface area contributed by atoms with Crippen molar-refractivity contribution in [3.05, 3.63) is 33.9 Å². The molecule has 0 radical (unpaired) electrons. The van der Waals surface area contributed by atoms with Crippen LogP contribution in [0.15, 0.2) is 18.2 Å². The zero-order chi connectivity index (χ0) is 13.8. The fraction of sp³-hybridized carbons (Fsp3) is 0.538. The fourth-order valence-corrected chi connectivity index (χ4v) is 2.66. The molecule has 1 heterocycles. The molecule has 1 fully saturated rings. The number of halogens is 1. The minimum Gasteiger partial charge on any atom is -0.376 e. The van der Waals surface area contributed by atoms with Gasteiger partial charge < -0.3 is 9.64 Å². The van der Waals surface area contributed by atoms with Crippen LogP contribution in [-0.2, 0) is 10.1 Å². The molecule has 104 valence electrons. The van der Waals surface area contributed by atoms with Crippen LogP contribution in [0.1, 0.15) is 18.4 Å². The Kier molecular flexibility index (Phi) is 4.76. The minimum absolute atomic E-state index is 0.150. The van der Waals surface area contributed by atoms with Crippen LogP contribution in [0, 0.1) is 10.1 Å². The Hall–Kier alpha value is -1.14. The fourth-order valence-electron chi connectivity index (χ4n) is 2.31. The van der Waals surface area contributed by atoms with E-state index >= 15 is 0 Å². The largest absolute Gasteiger partial charge is 0.376 e. The molecule has 5 nitrogen and oxygen atoms in total. The third-order valence-corrected chi connectivity index (χ3v) is 3.95. The lowest BCUT2D eigenvalue weighted by Crippen LogP contribution is -2.29. The monoisotopic (exact) mass is 328 g/mol. The van der Waals surface area contributed by atoms with E-state index in [1.54, 1.807) is 6.07 Å². The molecule has 0 spiro atoms. The summed E-state index contributed by atoms with van der Waals surface area (Å²) >= 11 is 3.32. The van der Waals surface area contributed by atoms with Crippen molar-refractivity contribution >= 4 is 27.3 Å². The van der Waals surface area contributed by atoms with Gasteiger partial charge >= 0.3 is 0 Å². The zero-order valence-electron chi connectivity index (χ0n) is 10.8. The van der Waals surface area contributed by atoms with Crippen molar-refractivity contribution in [2.24, 2.45) is 0 Å². The number of anilines is 1. The Labute approximate surface area is 120 Å². The molecule has 1 aliphatic heterocycles. The zero-order valence-corrected chi connectivity index (χ0v) is 12.4. The van der Waals surface area contributed by atoms with Gasteiger partial charge in [-0.2, -0.15) is 0 Å². The summed E-state index contributed by atoms with van der Waals surface area (Å²) in [6.07, 6.45) is 2.28. The van der Waals surface area contributed by atoms with Crippen molar-refractivity contribution < 1.29 is 9.66 Å². The second-order valence-corrected chi connectivity index (χ2v) is 5.29. The number of rotatable bonds is 5. The molecule has 0 saturated carbocycles. The normalized spacial score (nSPS) is 18.5. The number of hydrogen-bond donors (Lipinski definition) is 0. The SMILES string of the molecule is CN(CC1CCCO1)c1ccc(CBr)cc1[N+](=O)[O-]. The van der Waals surface area contributed by atoms with Crippen LogP contribution in [0.5, 0.6) is 0 Å². The maximum Gasteiger partial charge on any atom is 0.292 e. The highest BCUT2D eigenvalue weighted by Crippen LogP contribution is 2.30. The molecular formula is C13H17BrN2O3. The van der Waals surface area contributed by atoms with E-state index in [9.17, 15) is 10.1 Å². The first-order chi connectivity index (χ1) is 9.11. The van der Waals surface area contributed by atoms with Gasteiger partial charge in [0.25, 0.3) is 5.69 Å². The second-order valence-electron chi connectivity index (χ2n) is 4.73. The van der Waals surface area contributed by atoms with Gasteiger partial charge in [0.2, 0.25) is 0 Å². The molecule has 1 atom stereocenters. The van der Waals surface area contributed by atoms with Gasteiger partial charge in [-0.05, 0) is 24.5 Å². The van der Waals surface area contributed by atoms with Crippen molar-refractivity contribution in [3.8, 4) is 0 Å². The van der Waals surface area contributed by atoms with Crippen LogP contribution < -0.4 is 4.90 Å². The second kappa shape index (κ2) is 6.34. The summed E-state index contributed by atoms with van der Waals surface area (Å²) in [6, 6.07) is 5.34. The quantitative estimate of drug-likeness (QED) is 0.473. The number of likely N-dealkylation sites (N-methyl/N-ethyl adjacent to an activating group) is 1. The summed E-state index contributed by atoms with van der Waals surface area (Å²) in [4.78, 5) is 12.7. The van der Waals surface area contributed by atoms with Crippen LogP contribution in [0.2, 0.25) is 0 Å². The predicted molar refractivity (Wildman–Crippen MR) is 78.0 cm³/mol. The van der Waals surface area contributed by atoms with E-state index < -0.39 is 0 Å². The van der Waals surface area contributed by atoms with Crippen LogP contribution in [0.4, 0.5) is 11.4 Å². The maximum atomic E-state index is 11.2. The number of nitro benzene ring substituents is 1. The molecule has 0 amide bonds. The first kappa shape index (κ1) is 14.3. The van der Waals surface area contributed by atoms with Crippen LogP contribution in [-0.4, -0.2) is 31.2 Å². The van der Waals surface area contributed by atoms with E-state index in [1.807, 2.05) is 24.1 Å². The molecule has 6 heteroatoms. The lowest BCUT2D eigenvalue weighted by molar-refractivity contribution is -0.384. The molecule has 2 rings (SSSR count). The summed E-state index contributed by atoms with van der Waals surface area (Å²) < 4.78 is 5.57. The highest BCUT2D eigenvalue weighted by Gasteiger charge is 2.22. The molecule has 19 heavy (non-hydrogen) atoms. The summed E-state index contributed by atoms with van der Waals surface area (Å²) in [6.45, 7) is 1.48. The standard InChI is InChI=1S/C13H17BrN2O3/c1-15(9-11-3-2-6-19-11)12-5-4-10(8-14)7-13(12)16(17)18/h4-5,7,11H,2-3,6,8-9H2,1H3. The summed E-state index contributed by atoms with van der Waals surface area (Å²) in [7, 11) is 1.87. The topological polar surface area (TPSA) is 55.6 Å². The molecule has 0 N–H and O–H groups in total. The molecule has 1 saturated heterocycles. The van der Waals surface area contributed by atoms with E-state index in [0.29, 0.717) is 17.6 Å². The first-order valence-electron chi connectivity index (χ1n) is 6.28. The maximum absolute atomic E-state index is 11.2. The Morgan fingerprint density at radius 1 is 1.58 bits per heavy atom. The minimum atomic E-state index is -0.326. The predicted octanol–water partition coefficient (Wildman–Crippen LogP) is 3.10. The van der Waals surface area contributed by atoms with Gasteiger partial charge in [-0.3, -0.25) is 10.1 Å². The van der Waals surface area contributed by atoms with Crippen molar-refractivity contribution in [2.45, 2.75) is 24.3 Å². The molecule has 1 aliphatic rings. The van der Waals surface area contributed by atoms with Gasteiger partial charge in [-0.1, -0.05) is 22.0 Å². The van der Waals surface area contributed by atoms with Crippen molar-refractivity contribution in [1.29, 1.82) is 0 Å². The average molecular weight is 329 g/mol. The average Bonchev–Trinajstić information content (AvgIpc) is 2.90. The Balaban J connectivity index is 2.19. The van der Waals surface area contributed by atoms with Crippen molar-refractivity contribution in [2.75, 3.05) is 25.1 Å². The first-order valence-corrected chi connectivity index (χ1v) is 7.40. The van der Waals surface area contributed by atoms with Gasteiger partial charge in [0.15, 0.2) is 0 Å². The summed E-state index contributed by atoms with van der Waals surface area (Å²) in [5.74, 6) is 0. The van der Waals surface area contributed by atoms with Crippen molar-refractivity contribution in [1.82, 2.24) is 0 Å². The molecule has 0 aliphatic carbocycles. The highest BCUT2D eigenvalue weighted by molar-refractivity contribution is 9.08. The van der Waals surface area contributed by atoms with Gasteiger partial charge in [0, 0.05) is 31.6 Å². The van der Waals surface area contributed by atoms with E-state index in [4.69, 9.17) is 4.74 Å². The van der Waals surface area contributed by atoms with E-state index in [0.717, 1.165) is 25.0 Å². The number of hydrogen-bond acceptors (Lipinski definition) is 4. The number of alkyl halides is 1.